The van der Waals surface area contributed by atoms with Gasteiger partial charge in [-0.15, -0.1) is 0 Å². The molecule has 4 rings (SSSR count). The van der Waals surface area contributed by atoms with Crippen molar-refractivity contribution < 1.29 is 13.2 Å². The Balaban J connectivity index is 1.71. The van der Waals surface area contributed by atoms with Crippen LogP contribution in [0.4, 0.5) is 19.0 Å². The highest BCUT2D eigenvalue weighted by Gasteiger charge is 2.41. The second-order valence-electron chi connectivity index (χ2n) is 8.04. The largest absolute Gasteiger partial charge is 0.419 e. The van der Waals surface area contributed by atoms with Crippen molar-refractivity contribution in [3.63, 3.8) is 0 Å². The van der Waals surface area contributed by atoms with Gasteiger partial charge in [-0.05, 0) is 41.8 Å². The topological polar surface area (TPSA) is 69.8 Å². The number of alkyl halides is 3. The van der Waals surface area contributed by atoms with Crippen LogP contribution in [0.3, 0.4) is 0 Å². The number of benzene rings is 1. The SMILES string of the molecule is CN(C)C1=NC(N)(c2ccc(Cl)cc2)C2=C(CCN(c3ncccc3C(F)(F)F)CC2)N1. The quantitative estimate of drug-likeness (QED) is 0.704. The zero-order valence-electron chi connectivity index (χ0n) is 17.7. The fourth-order valence-corrected chi connectivity index (χ4v) is 4.23. The number of guanidine groups is 1. The van der Waals surface area contributed by atoms with Crippen molar-refractivity contribution in [1.82, 2.24) is 15.2 Å². The first-order valence-electron chi connectivity index (χ1n) is 10.2. The van der Waals surface area contributed by atoms with Crippen molar-refractivity contribution in [3.8, 4) is 0 Å². The summed E-state index contributed by atoms with van der Waals surface area (Å²) in [6.45, 7) is 0.698. The number of aromatic nitrogens is 1. The summed E-state index contributed by atoms with van der Waals surface area (Å²) in [6.07, 6.45) is -2.19. The van der Waals surface area contributed by atoms with Gasteiger partial charge in [0.05, 0.1) is 5.56 Å². The zero-order valence-corrected chi connectivity index (χ0v) is 18.5. The third-order valence-electron chi connectivity index (χ3n) is 5.73. The van der Waals surface area contributed by atoms with Gasteiger partial charge >= 0.3 is 6.18 Å². The van der Waals surface area contributed by atoms with Crippen LogP contribution in [-0.2, 0) is 11.8 Å². The van der Waals surface area contributed by atoms with E-state index in [9.17, 15) is 13.2 Å². The van der Waals surface area contributed by atoms with Gasteiger partial charge in [-0.25, -0.2) is 9.98 Å². The molecule has 2 aliphatic heterocycles. The summed E-state index contributed by atoms with van der Waals surface area (Å²) < 4.78 is 40.7. The van der Waals surface area contributed by atoms with Crippen LogP contribution in [0, 0.1) is 0 Å². The number of hydrogen-bond donors (Lipinski definition) is 2. The number of nitrogens with two attached hydrogens (primary N) is 1. The lowest BCUT2D eigenvalue weighted by molar-refractivity contribution is -0.137. The fourth-order valence-electron chi connectivity index (χ4n) is 4.10. The molecule has 1 unspecified atom stereocenters. The van der Waals surface area contributed by atoms with Crippen LogP contribution in [0.1, 0.15) is 24.0 Å². The molecule has 2 aliphatic rings. The average molecular weight is 465 g/mol. The highest BCUT2D eigenvalue weighted by Crippen LogP contribution is 2.40. The Morgan fingerprint density at radius 2 is 1.81 bits per heavy atom. The maximum absolute atomic E-state index is 13.6. The lowest BCUT2D eigenvalue weighted by atomic mass is 9.87. The van der Waals surface area contributed by atoms with Crippen molar-refractivity contribution in [3.05, 3.63) is 70.0 Å². The summed E-state index contributed by atoms with van der Waals surface area (Å²) in [6, 6.07) is 9.54. The minimum absolute atomic E-state index is 0.0669. The molecule has 0 aliphatic carbocycles. The lowest BCUT2D eigenvalue weighted by Crippen LogP contribution is -2.49. The van der Waals surface area contributed by atoms with E-state index in [2.05, 4.69) is 10.3 Å². The third kappa shape index (κ3) is 4.14. The smallest absolute Gasteiger partial charge is 0.355 e. The number of rotatable bonds is 2. The molecule has 10 heteroatoms. The minimum atomic E-state index is -4.48. The number of halogens is 4. The van der Waals surface area contributed by atoms with E-state index in [1.54, 1.807) is 17.0 Å². The van der Waals surface area contributed by atoms with Gasteiger partial charge in [-0.3, -0.25) is 5.73 Å². The van der Waals surface area contributed by atoms with Gasteiger partial charge in [0, 0.05) is 50.5 Å². The maximum atomic E-state index is 13.6. The van der Waals surface area contributed by atoms with Crippen molar-refractivity contribution >= 4 is 23.4 Å². The van der Waals surface area contributed by atoms with Gasteiger partial charge in [-0.2, -0.15) is 13.2 Å². The van der Waals surface area contributed by atoms with Crippen LogP contribution in [0.15, 0.2) is 58.9 Å². The minimum Gasteiger partial charge on any atom is -0.355 e. The average Bonchev–Trinajstić information content (AvgIpc) is 2.97. The third-order valence-corrected chi connectivity index (χ3v) is 5.98. The van der Waals surface area contributed by atoms with E-state index in [0.717, 1.165) is 22.9 Å². The molecule has 0 spiro atoms. The van der Waals surface area contributed by atoms with Gasteiger partial charge in [-0.1, -0.05) is 23.7 Å². The van der Waals surface area contributed by atoms with Crippen LogP contribution in [-0.4, -0.2) is 43.0 Å². The molecule has 170 valence electrons. The Morgan fingerprint density at radius 1 is 1.12 bits per heavy atom. The fraction of sp³-hybridized carbons (Fsp3) is 0.364. The molecule has 0 bridgehead atoms. The lowest BCUT2D eigenvalue weighted by Gasteiger charge is -2.37. The van der Waals surface area contributed by atoms with Gasteiger partial charge in [0.2, 0.25) is 0 Å². The molecule has 0 radical (unpaired) electrons. The molecule has 0 saturated heterocycles. The highest BCUT2D eigenvalue weighted by molar-refractivity contribution is 6.30. The molecular weight excluding hydrogens is 441 g/mol. The van der Waals surface area contributed by atoms with E-state index >= 15 is 0 Å². The molecule has 3 heterocycles. The van der Waals surface area contributed by atoms with Crippen LogP contribution >= 0.6 is 11.6 Å². The molecule has 3 N–H and O–H groups in total. The van der Waals surface area contributed by atoms with E-state index in [1.165, 1.54) is 12.3 Å². The van der Waals surface area contributed by atoms with Crippen LogP contribution < -0.4 is 16.0 Å². The Bertz CT molecular complexity index is 1060. The van der Waals surface area contributed by atoms with Gasteiger partial charge < -0.3 is 15.1 Å². The first-order valence-corrected chi connectivity index (χ1v) is 10.6. The molecule has 0 amide bonds. The monoisotopic (exact) mass is 464 g/mol. The standard InChI is InChI=1S/C22H24ClF3N6/c1-31(2)20-29-18-10-13-32(19-17(22(24,25)26)4-3-11-28-19)12-9-16(18)21(27,30-20)14-5-7-15(23)8-6-14/h3-8,11H,9-10,12-13,27H2,1-2H3,(H,29,30). The molecule has 1 aromatic carbocycles. The summed E-state index contributed by atoms with van der Waals surface area (Å²) in [5, 5.41) is 3.91. The first-order chi connectivity index (χ1) is 15.1. The van der Waals surface area contributed by atoms with Crippen LogP contribution in [0.2, 0.25) is 5.02 Å². The molecule has 2 aromatic rings. The number of pyridine rings is 1. The summed E-state index contributed by atoms with van der Waals surface area (Å²) in [4.78, 5) is 12.3. The van der Waals surface area contributed by atoms with Crippen molar-refractivity contribution in [2.75, 3.05) is 32.1 Å². The van der Waals surface area contributed by atoms with E-state index in [4.69, 9.17) is 22.3 Å². The first kappa shape index (κ1) is 22.4. The van der Waals surface area contributed by atoms with Crippen molar-refractivity contribution in [1.29, 1.82) is 0 Å². The second kappa shape index (κ2) is 8.29. The summed E-state index contributed by atoms with van der Waals surface area (Å²) >= 11 is 6.06. The van der Waals surface area contributed by atoms with Crippen LogP contribution in [0.5, 0.6) is 0 Å². The van der Waals surface area contributed by atoms with E-state index in [0.29, 0.717) is 36.9 Å². The predicted octanol–water partition coefficient (Wildman–Crippen LogP) is 3.94. The Hall–Kier alpha value is -2.78. The number of nitrogens with one attached hydrogen (secondary N) is 1. The molecule has 32 heavy (non-hydrogen) atoms. The number of hydrogen-bond acceptors (Lipinski definition) is 6. The number of anilines is 1. The second-order valence-corrected chi connectivity index (χ2v) is 8.48. The van der Waals surface area contributed by atoms with Gasteiger partial charge in [0.15, 0.2) is 11.6 Å². The maximum Gasteiger partial charge on any atom is 0.419 e. The molecule has 6 nitrogen and oxygen atoms in total. The summed E-state index contributed by atoms with van der Waals surface area (Å²) in [5.41, 5.74) is 7.48. The zero-order chi connectivity index (χ0) is 23.1. The summed E-state index contributed by atoms with van der Waals surface area (Å²) in [5.74, 6) is 0.520. The summed E-state index contributed by atoms with van der Waals surface area (Å²) in [7, 11) is 3.71. The van der Waals surface area contributed by atoms with E-state index in [1.807, 2.05) is 31.1 Å². The molecule has 0 saturated carbocycles. The van der Waals surface area contributed by atoms with E-state index < -0.39 is 17.4 Å². The van der Waals surface area contributed by atoms with Crippen molar-refractivity contribution in [2.45, 2.75) is 24.7 Å². The highest BCUT2D eigenvalue weighted by atomic mass is 35.5. The predicted molar refractivity (Wildman–Crippen MR) is 119 cm³/mol. The number of nitrogens with zero attached hydrogens (tertiary/aromatic N) is 4. The molecular formula is C22H24ClF3N6. The molecule has 0 fully saturated rings. The van der Waals surface area contributed by atoms with Gasteiger partial charge in [0.25, 0.3) is 0 Å². The van der Waals surface area contributed by atoms with Crippen LogP contribution in [0.25, 0.3) is 0 Å². The van der Waals surface area contributed by atoms with E-state index in [-0.39, 0.29) is 5.82 Å². The number of aliphatic imine (C=N–C) groups is 1. The van der Waals surface area contributed by atoms with Gasteiger partial charge in [0.1, 0.15) is 5.82 Å². The molecule has 1 aromatic heterocycles. The Morgan fingerprint density at radius 3 is 2.47 bits per heavy atom. The Labute approximate surface area is 189 Å². The normalized spacial score (nSPS) is 21.5. The molecule has 1 atom stereocenters. The van der Waals surface area contributed by atoms with Crippen molar-refractivity contribution in [2.24, 2.45) is 10.7 Å². The Kier molecular flexibility index (Phi) is 5.81.